The van der Waals surface area contributed by atoms with Gasteiger partial charge in [-0.3, -0.25) is 0 Å². The number of aliphatic hydroxyl groups is 1. The van der Waals surface area contributed by atoms with Gasteiger partial charge in [0.25, 0.3) is 0 Å². The smallest absolute Gasteiger partial charge is 0.126 e. The van der Waals surface area contributed by atoms with Gasteiger partial charge in [0.2, 0.25) is 0 Å². The van der Waals surface area contributed by atoms with Crippen LogP contribution in [-0.4, -0.2) is 31.0 Å². The molecule has 0 bridgehead atoms. The minimum Gasteiger partial charge on any atom is -0.389 e. The Hall–Kier alpha value is -1.13. The van der Waals surface area contributed by atoms with Crippen LogP contribution in [0.2, 0.25) is 0 Å². The van der Waals surface area contributed by atoms with Crippen LogP contribution in [0.25, 0.3) is 0 Å². The molecular weight excluding hydrogens is 257 g/mol. The molecule has 1 atom stereocenters. The number of nitrogens with one attached hydrogen (secondary N) is 1. The second kappa shape index (κ2) is 9.72. The van der Waals surface area contributed by atoms with E-state index in [-0.39, 0.29) is 5.82 Å². The van der Waals surface area contributed by atoms with Gasteiger partial charge in [0.15, 0.2) is 0 Å². The Bertz CT molecular complexity index is 385. The Morgan fingerprint density at radius 3 is 2.80 bits per heavy atom. The quantitative estimate of drug-likeness (QED) is 0.646. The molecule has 0 aliphatic carbocycles. The molecule has 0 spiro atoms. The van der Waals surface area contributed by atoms with Crippen molar-refractivity contribution in [3.05, 3.63) is 29.6 Å². The van der Waals surface area contributed by atoms with Crippen molar-refractivity contribution in [1.82, 2.24) is 0 Å². The number of aliphatic hydroxyl groups excluding tert-OH is 1. The summed E-state index contributed by atoms with van der Waals surface area (Å²) in [4.78, 5) is 0. The molecule has 114 valence electrons. The molecule has 4 heteroatoms. The molecule has 1 rings (SSSR count). The summed E-state index contributed by atoms with van der Waals surface area (Å²) in [6.45, 7) is 5.33. The van der Waals surface area contributed by atoms with Crippen LogP contribution in [0, 0.1) is 12.7 Å². The number of anilines is 1. The lowest BCUT2D eigenvalue weighted by molar-refractivity contribution is 0.0417. The Kier molecular flexibility index (Phi) is 8.23. The minimum absolute atomic E-state index is 0.216. The number of aryl methyl sites for hydroxylation is 1. The minimum atomic E-state index is -0.550. The van der Waals surface area contributed by atoms with Crippen molar-refractivity contribution in [2.45, 2.75) is 45.6 Å². The molecule has 0 fully saturated rings. The second-order valence-corrected chi connectivity index (χ2v) is 5.13. The number of rotatable bonds is 10. The molecule has 0 heterocycles. The van der Waals surface area contributed by atoms with Gasteiger partial charge in [-0.1, -0.05) is 26.2 Å². The summed E-state index contributed by atoms with van der Waals surface area (Å²) in [6, 6.07) is 4.82. The average Bonchev–Trinajstić information content (AvgIpc) is 2.44. The monoisotopic (exact) mass is 283 g/mol. The van der Waals surface area contributed by atoms with Gasteiger partial charge in [-0.2, -0.15) is 0 Å². The Balaban J connectivity index is 2.13. The van der Waals surface area contributed by atoms with Crippen LogP contribution in [0.1, 0.15) is 38.2 Å². The SMILES string of the molecule is CCCCCCOCC(O)CNc1ccc(F)c(C)c1. The molecule has 3 nitrogen and oxygen atoms in total. The van der Waals surface area contributed by atoms with Gasteiger partial charge < -0.3 is 15.2 Å². The molecule has 0 saturated carbocycles. The third-order valence-electron chi connectivity index (χ3n) is 3.15. The van der Waals surface area contributed by atoms with E-state index in [1.807, 2.05) is 0 Å². The maximum absolute atomic E-state index is 13.1. The van der Waals surface area contributed by atoms with Crippen LogP contribution in [0.15, 0.2) is 18.2 Å². The number of benzene rings is 1. The first-order valence-electron chi connectivity index (χ1n) is 7.39. The molecular formula is C16H26FNO2. The fraction of sp³-hybridized carbons (Fsp3) is 0.625. The molecule has 20 heavy (non-hydrogen) atoms. The fourth-order valence-corrected chi connectivity index (χ4v) is 1.90. The maximum Gasteiger partial charge on any atom is 0.126 e. The molecule has 1 unspecified atom stereocenters. The van der Waals surface area contributed by atoms with E-state index in [9.17, 15) is 9.50 Å². The molecule has 0 aliphatic heterocycles. The van der Waals surface area contributed by atoms with Crippen LogP contribution in [0.3, 0.4) is 0 Å². The number of ether oxygens (including phenoxy) is 1. The van der Waals surface area contributed by atoms with E-state index in [2.05, 4.69) is 12.2 Å². The molecule has 2 N–H and O–H groups in total. The molecule has 0 saturated heterocycles. The van der Waals surface area contributed by atoms with E-state index in [4.69, 9.17) is 4.74 Å². The summed E-state index contributed by atoms with van der Waals surface area (Å²) >= 11 is 0. The van der Waals surface area contributed by atoms with Crippen LogP contribution < -0.4 is 5.32 Å². The van der Waals surface area contributed by atoms with Crippen LogP contribution in [0.4, 0.5) is 10.1 Å². The average molecular weight is 283 g/mol. The zero-order chi connectivity index (χ0) is 14.8. The van der Waals surface area contributed by atoms with Crippen LogP contribution >= 0.6 is 0 Å². The topological polar surface area (TPSA) is 41.5 Å². The normalized spacial score (nSPS) is 12.4. The van der Waals surface area contributed by atoms with E-state index in [1.165, 1.54) is 25.3 Å². The van der Waals surface area contributed by atoms with Crippen molar-refractivity contribution in [2.75, 3.05) is 25.1 Å². The molecule has 0 aromatic heterocycles. The number of halogens is 1. The Labute approximate surface area is 121 Å². The summed E-state index contributed by atoms with van der Waals surface area (Å²) in [5, 5.41) is 12.9. The van der Waals surface area contributed by atoms with Crippen LogP contribution in [-0.2, 0) is 4.74 Å². The highest BCUT2D eigenvalue weighted by molar-refractivity contribution is 5.45. The predicted molar refractivity (Wildman–Crippen MR) is 80.6 cm³/mol. The van der Waals surface area contributed by atoms with Gasteiger partial charge >= 0.3 is 0 Å². The van der Waals surface area contributed by atoms with Gasteiger partial charge in [-0.25, -0.2) is 4.39 Å². The molecule has 0 amide bonds. The summed E-state index contributed by atoms with van der Waals surface area (Å²) in [5.74, 6) is -0.216. The first-order valence-corrected chi connectivity index (χ1v) is 7.39. The zero-order valence-electron chi connectivity index (χ0n) is 12.5. The van der Waals surface area contributed by atoms with Crippen molar-refractivity contribution < 1.29 is 14.2 Å². The summed E-state index contributed by atoms with van der Waals surface area (Å²) < 4.78 is 18.5. The molecule has 0 radical (unpaired) electrons. The van der Waals surface area contributed by atoms with Gasteiger partial charge in [0.1, 0.15) is 5.82 Å². The fourth-order valence-electron chi connectivity index (χ4n) is 1.90. The lowest BCUT2D eigenvalue weighted by Crippen LogP contribution is -2.25. The van der Waals surface area contributed by atoms with Crippen molar-refractivity contribution in [2.24, 2.45) is 0 Å². The largest absolute Gasteiger partial charge is 0.389 e. The predicted octanol–water partition coefficient (Wildman–Crippen LogP) is 3.50. The maximum atomic E-state index is 13.1. The molecule has 0 aliphatic rings. The van der Waals surface area contributed by atoms with Crippen molar-refractivity contribution in [1.29, 1.82) is 0 Å². The third kappa shape index (κ3) is 6.87. The first-order chi connectivity index (χ1) is 9.63. The summed E-state index contributed by atoms with van der Waals surface area (Å²) in [5.41, 5.74) is 1.41. The van der Waals surface area contributed by atoms with E-state index < -0.39 is 6.10 Å². The standard InChI is InChI=1S/C16H26FNO2/c1-3-4-5-6-9-20-12-15(19)11-18-14-7-8-16(17)13(2)10-14/h7-8,10,15,18-19H,3-6,9,11-12H2,1-2H3. The van der Waals surface area contributed by atoms with Crippen molar-refractivity contribution in [3.8, 4) is 0 Å². The highest BCUT2D eigenvalue weighted by atomic mass is 19.1. The highest BCUT2D eigenvalue weighted by Crippen LogP contribution is 2.13. The van der Waals surface area contributed by atoms with Crippen molar-refractivity contribution >= 4 is 5.69 Å². The molecule has 1 aromatic carbocycles. The van der Waals surface area contributed by atoms with Gasteiger partial charge in [0, 0.05) is 18.8 Å². The summed E-state index contributed by atoms with van der Waals surface area (Å²) in [6.07, 6.45) is 4.12. The van der Waals surface area contributed by atoms with E-state index in [0.29, 0.717) is 25.3 Å². The van der Waals surface area contributed by atoms with Gasteiger partial charge in [0.05, 0.1) is 12.7 Å². The second-order valence-electron chi connectivity index (χ2n) is 5.13. The first kappa shape index (κ1) is 16.9. The van der Waals surface area contributed by atoms with Gasteiger partial charge in [-0.05, 0) is 37.1 Å². The number of unbranched alkanes of at least 4 members (excludes halogenated alkanes) is 3. The number of hydrogen-bond acceptors (Lipinski definition) is 3. The Morgan fingerprint density at radius 1 is 1.30 bits per heavy atom. The van der Waals surface area contributed by atoms with E-state index in [1.54, 1.807) is 19.1 Å². The molecule has 1 aromatic rings. The Morgan fingerprint density at radius 2 is 2.10 bits per heavy atom. The third-order valence-corrected chi connectivity index (χ3v) is 3.15. The van der Waals surface area contributed by atoms with Crippen LogP contribution in [0.5, 0.6) is 0 Å². The lowest BCUT2D eigenvalue weighted by Gasteiger charge is -2.13. The van der Waals surface area contributed by atoms with E-state index >= 15 is 0 Å². The van der Waals surface area contributed by atoms with Gasteiger partial charge in [-0.15, -0.1) is 0 Å². The van der Waals surface area contributed by atoms with Crippen molar-refractivity contribution in [3.63, 3.8) is 0 Å². The lowest BCUT2D eigenvalue weighted by atomic mass is 10.2. The highest BCUT2D eigenvalue weighted by Gasteiger charge is 2.05. The zero-order valence-corrected chi connectivity index (χ0v) is 12.5. The summed E-state index contributed by atoms with van der Waals surface area (Å²) in [7, 11) is 0. The van der Waals surface area contributed by atoms with E-state index in [0.717, 1.165) is 12.1 Å². The number of hydrogen-bond donors (Lipinski definition) is 2.